The van der Waals surface area contributed by atoms with E-state index in [9.17, 15) is 0 Å². The van der Waals surface area contributed by atoms with Gasteiger partial charge in [-0.2, -0.15) is 0 Å². The number of methoxy groups -OCH3 is 1. The predicted octanol–water partition coefficient (Wildman–Crippen LogP) is 1.93. The lowest BCUT2D eigenvalue weighted by molar-refractivity contribution is 0.415. The van der Waals surface area contributed by atoms with Crippen molar-refractivity contribution < 1.29 is 9.26 Å². The fourth-order valence-corrected chi connectivity index (χ4v) is 1.23. The molecule has 0 saturated carbocycles. The van der Waals surface area contributed by atoms with Crippen LogP contribution >= 0.6 is 0 Å². The highest BCUT2D eigenvalue weighted by atomic mass is 16.5. The van der Waals surface area contributed by atoms with Crippen LogP contribution in [0.1, 0.15) is 0 Å². The third-order valence-corrected chi connectivity index (χ3v) is 2.00. The van der Waals surface area contributed by atoms with Gasteiger partial charge >= 0.3 is 0 Å². The Hall–Kier alpha value is -1.97. The van der Waals surface area contributed by atoms with Crippen LogP contribution in [-0.2, 0) is 0 Å². The van der Waals surface area contributed by atoms with Crippen LogP contribution in [0.3, 0.4) is 0 Å². The van der Waals surface area contributed by atoms with Crippen LogP contribution in [0.2, 0.25) is 0 Å². The number of nitrogens with two attached hydrogens (primary N) is 1. The Morgan fingerprint density at radius 2 is 2.00 bits per heavy atom. The van der Waals surface area contributed by atoms with E-state index in [0.717, 1.165) is 16.9 Å². The van der Waals surface area contributed by atoms with Crippen molar-refractivity contribution in [2.24, 2.45) is 0 Å². The molecule has 1 heterocycles. The van der Waals surface area contributed by atoms with E-state index in [1.165, 1.54) is 6.26 Å². The van der Waals surface area contributed by atoms with Gasteiger partial charge in [-0.3, -0.25) is 0 Å². The lowest BCUT2D eigenvalue weighted by Crippen LogP contribution is -1.87. The minimum atomic E-state index is 0.398. The summed E-state index contributed by atoms with van der Waals surface area (Å²) in [6, 6.07) is 7.53. The first kappa shape index (κ1) is 8.62. The van der Waals surface area contributed by atoms with Crippen molar-refractivity contribution in [3.63, 3.8) is 0 Å². The highest BCUT2D eigenvalue weighted by Crippen LogP contribution is 2.26. The van der Waals surface area contributed by atoms with Crippen molar-refractivity contribution >= 4 is 5.82 Å². The molecule has 2 rings (SSSR count). The number of hydrogen-bond donors (Lipinski definition) is 1. The second-order valence-electron chi connectivity index (χ2n) is 2.84. The molecule has 0 amide bonds. The topological polar surface area (TPSA) is 61.3 Å². The van der Waals surface area contributed by atoms with Gasteiger partial charge in [0, 0.05) is 0 Å². The van der Waals surface area contributed by atoms with Gasteiger partial charge in [0.15, 0.2) is 5.82 Å². The van der Waals surface area contributed by atoms with Gasteiger partial charge in [0.25, 0.3) is 0 Å². The van der Waals surface area contributed by atoms with Gasteiger partial charge in [-0.15, -0.1) is 0 Å². The number of anilines is 1. The summed E-state index contributed by atoms with van der Waals surface area (Å²) < 4.78 is 9.80. The van der Waals surface area contributed by atoms with Crippen molar-refractivity contribution in [2.75, 3.05) is 12.8 Å². The molecule has 0 spiro atoms. The Kier molecular flexibility index (Phi) is 2.10. The summed E-state index contributed by atoms with van der Waals surface area (Å²) in [6.45, 7) is 0. The Labute approximate surface area is 81.3 Å². The summed E-state index contributed by atoms with van der Waals surface area (Å²) >= 11 is 0. The van der Waals surface area contributed by atoms with E-state index in [0.29, 0.717) is 5.82 Å². The minimum absolute atomic E-state index is 0.398. The summed E-state index contributed by atoms with van der Waals surface area (Å²) in [4.78, 5) is 0. The van der Waals surface area contributed by atoms with Gasteiger partial charge in [0.1, 0.15) is 12.0 Å². The first-order valence-electron chi connectivity index (χ1n) is 4.15. The van der Waals surface area contributed by atoms with Crippen LogP contribution in [0.15, 0.2) is 35.1 Å². The van der Waals surface area contributed by atoms with Crippen LogP contribution in [0.4, 0.5) is 5.82 Å². The minimum Gasteiger partial charge on any atom is -0.497 e. The van der Waals surface area contributed by atoms with Crippen LogP contribution in [0.5, 0.6) is 5.75 Å². The number of hydrogen-bond acceptors (Lipinski definition) is 4. The molecule has 4 nitrogen and oxygen atoms in total. The smallest absolute Gasteiger partial charge is 0.174 e. The molecule has 1 aromatic carbocycles. The number of nitrogen functional groups attached to an aromatic ring is 1. The van der Waals surface area contributed by atoms with E-state index in [4.69, 9.17) is 15.0 Å². The molecule has 0 atom stereocenters. The Morgan fingerprint density at radius 3 is 2.50 bits per heavy atom. The highest BCUT2D eigenvalue weighted by Gasteiger charge is 2.05. The van der Waals surface area contributed by atoms with Crippen LogP contribution in [0, 0.1) is 0 Å². The molecule has 0 aliphatic heterocycles. The summed E-state index contributed by atoms with van der Waals surface area (Å²) in [7, 11) is 1.63. The molecule has 4 heteroatoms. The average Bonchev–Trinajstić information content (AvgIpc) is 2.65. The summed E-state index contributed by atoms with van der Waals surface area (Å²) in [5.74, 6) is 1.21. The van der Waals surface area contributed by atoms with E-state index in [-0.39, 0.29) is 0 Å². The molecule has 0 fully saturated rings. The number of aromatic nitrogens is 1. The Balaban J connectivity index is 2.39. The summed E-state index contributed by atoms with van der Waals surface area (Å²) in [5, 5.41) is 3.61. The molecule has 2 N–H and O–H groups in total. The molecule has 0 bridgehead atoms. The van der Waals surface area contributed by atoms with Gasteiger partial charge in [-0.05, 0) is 17.7 Å². The van der Waals surface area contributed by atoms with Gasteiger partial charge < -0.3 is 15.0 Å². The molecule has 0 aliphatic carbocycles. The maximum atomic E-state index is 5.61. The van der Waals surface area contributed by atoms with Crippen molar-refractivity contribution in [2.45, 2.75) is 0 Å². The number of rotatable bonds is 2. The highest BCUT2D eigenvalue weighted by molar-refractivity contribution is 5.72. The van der Waals surface area contributed by atoms with Crippen molar-refractivity contribution in [3.8, 4) is 16.9 Å². The maximum Gasteiger partial charge on any atom is 0.174 e. The molecular weight excluding hydrogens is 180 g/mol. The first-order valence-corrected chi connectivity index (χ1v) is 4.15. The summed E-state index contributed by atoms with van der Waals surface area (Å²) in [5.41, 5.74) is 7.37. The summed E-state index contributed by atoms with van der Waals surface area (Å²) in [6.07, 6.45) is 1.52. The van der Waals surface area contributed by atoms with Crippen molar-refractivity contribution in [3.05, 3.63) is 30.5 Å². The zero-order valence-electron chi connectivity index (χ0n) is 7.73. The van der Waals surface area contributed by atoms with Gasteiger partial charge in [-0.25, -0.2) is 0 Å². The van der Waals surface area contributed by atoms with E-state index in [2.05, 4.69) is 5.16 Å². The molecule has 72 valence electrons. The molecule has 1 aromatic heterocycles. The second kappa shape index (κ2) is 3.41. The molecule has 14 heavy (non-hydrogen) atoms. The fourth-order valence-electron chi connectivity index (χ4n) is 1.23. The average molecular weight is 190 g/mol. The van der Waals surface area contributed by atoms with E-state index in [1.807, 2.05) is 24.3 Å². The van der Waals surface area contributed by atoms with Gasteiger partial charge in [0.2, 0.25) is 0 Å². The number of benzene rings is 1. The lowest BCUT2D eigenvalue weighted by atomic mass is 10.1. The van der Waals surface area contributed by atoms with E-state index < -0.39 is 0 Å². The van der Waals surface area contributed by atoms with Crippen molar-refractivity contribution in [1.29, 1.82) is 0 Å². The molecule has 0 unspecified atom stereocenters. The maximum absolute atomic E-state index is 5.61. The number of ether oxygens (including phenoxy) is 1. The normalized spacial score (nSPS) is 10.1. The standard InChI is InChI=1S/C10H10N2O2/c1-13-8-4-2-7(3-5-8)9-6-14-12-10(9)11/h2-6H,1H3,(H2,11,12). The van der Waals surface area contributed by atoms with Crippen LogP contribution in [0.25, 0.3) is 11.1 Å². The Bertz CT molecular complexity index is 420. The third kappa shape index (κ3) is 1.42. The van der Waals surface area contributed by atoms with E-state index >= 15 is 0 Å². The van der Waals surface area contributed by atoms with Crippen LogP contribution < -0.4 is 10.5 Å². The molecule has 0 radical (unpaired) electrons. The zero-order chi connectivity index (χ0) is 9.97. The van der Waals surface area contributed by atoms with Crippen LogP contribution in [-0.4, -0.2) is 12.3 Å². The quantitative estimate of drug-likeness (QED) is 0.786. The largest absolute Gasteiger partial charge is 0.497 e. The Morgan fingerprint density at radius 1 is 1.29 bits per heavy atom. The first-order chi connectivity index (χ1) is 6.81. The molecule has 2 aromatic rings. The molecule has 0 saturated heterocycles. The molecular formula is C10H10N2O2. The number of nitrogens with zero attached hydrogens (tertiary/aromatic N) is 1. The second-order valence-corrected chi connectivity index (χ2v) is 2.84. The zero-order valence-corrected chi connectivity index (χ0v) is 7.73. The third-order valence-electron chi connectivity index (χ3n) is 2.00. The van der Waals surface area contributed by atoms with Crippen molar-refractivity contribution in [1.82, 2.24) is 5.16 Å². The monoisotopic (exact) mass is 190 g/mol. The fraction of sp³-hybridized carbons (Fsp3) is 0.100. The predicted molar refractivity (Wildman–Crippen MR) is 52.9 cm³/mol. The van der Waals surface area contributed by atoms with Gasteiger partial charge in [-0.1, -0.05) is 17.3 Å². The SMILES string of the molecule is COc1ccc(-c2conc2N)cc1. The van der Waals surface area contributed by atoms with E-state index in [1.54, 1.807) is 7.11 Å². The molecule has 0 aliphatic rings. The van der Waals surface area contributed by atoms with Gasteiger partial charge in [0.05, 0.1) is 12.7 Å². The lowest BCUT2D eigenvalue weighted by Gasteiger charge is -2.00.